The summed E-state index contributed by atoms with van der Waals surface area (Å²) in [7, 11) is 1.52. The van der Waals surface area contributed by atoms with Crippen molar-refractivity contribution in [2.45, 2.75) is 44.0 Å². The lowest BCUT2D eigenvalue weighted by atomic mass is 9.75. The Morgan fingerprint density at radius 3 is 2.59 bits per heavy atom. The number of aromatic nitrogens is 1. The summed E-state index contributed by atoms with van der Waals surface area (Å²) in [5.74, 6) is 0.347. The average Bonchev–Trinajstić information content (AvgIpc) is 3.01. The van der Waals surface area contributed by atoms with E-state index >= 15 is 4.39 Å². The van der Waals surface area contributed by atoms with E-state index in [9.17, 15) is 9.90 Å². The number of halogens is 1. The largest absolute Gasteiger partial charge is 0.493 e. The number of rotatable bonds is 9. The molecule has 0 bridgehead atoms. The second-order valence-corrected chi connectivity index (χ2v) is 11.9. The fourth-order valence-electron chi connectivity index (χ4n) is 5.95. The number of piperidine rings is 2. The zero-order valence-electron chi connectivity index (χ0n) is 25.0. The Morgan fingerprint density at radius 1 is 1.02 bits per heavy atom. The van der Waals surface area contributed by atoms with Crippen LogP contribution in [0.3, 0.4) is 0 Å². The van der Waals surface area contributed by atoms with Gasteiger partial charge in [0.15, 0.2) is 23.1 Å². The molecule has 4 unspecified atom stereocenters. The number of ketones is 1. The maximum atomic E-state index is 15.5. The molecule has 3 heterocycles. The third-order valence-corrected chi connectivity index (χ3v) is 8.11. The second-order valence-electron chi connectivity index (χ2n) is 11.9. The highest BCUT2D eigenvalue weighted by Gasteiger charge is 2.44. The number of ether oxygens (including phenoxy) is 3. The van der Waals surface area contributed by atoms with Gasteiger partial charge in [-0.3, -0.25) is 15.1 Å². The van der Waals surface area contributed by atoms with Crippen molar-refractivity contribution in [3.63, 3.8) is 0 Å². The Balaban J connectivity index is 1.21. The zero-order chi connectivity index (χ0) is 30.8. The van der Waals surface area contributed by atoms with E-state index in [1.54, 1.807) is 50.4 Å². The number of anilines is 1. The molecule has 0 saturated carbocycles. The van der Waals surface area contributed by atoms with Gasteiger partial charge in [-0.05, 0) is 56.6 Å². The van der Waals surface area contributed by atoms with E-state index in [0.717, 1.165) is 18.5 Å². The third-order valence-electron chi connectivity index (χ3n) is 8.11. The highest BCUT2D eigenvalue weighted by molar-refractivity contribution is 5.91. The number of carbonyl (C=O) groups excluding carboxylic acids is 1. The lowest BCUT2D eigenvalue weighted by molar-refractivity contribution is -0.128. The summed E-state index contributed by atoms with van der Waals surface area (Å²) in [6.45, 7) is 4.68. The number of fused-ring (bicyclic) bond motifs is 2. The van der Waals surface area contributed by atoms with Crippen LogP contribution in [0.1, 0.15) is 31.7 Å². The van der Waals surface area contributed by atoms with Crippen LogP contribution < -0.4 is 30.2 Å². The summed E-state index contributed by atoms with van der Waals surface area (Å²) in [5, 5.41) is 21.1. The summed E-state index contributed by atoms with van der Waals surface area (Å²) in [6, 6.07) is 19.6. The molecule has 4 aromatic rings. The van der Waals surface area contributed by atoms with Crippen LogP contribution in [-0.2, 0) is 4.79 Å². The molecule has 2 fully saturated rings. The van der Waals surface area contributed by atoms with Crippen LogP contribution in [0.2, 0.25) is 0 Å². The van der Waals surface area contributed by atoms with Crippen molar-refractivity contribution in [3.8, 4) is 23.0 Å². The van der Waals surface area contributed by atoms with E-state index in [4.69, 9.17) is 14.2 Å². The SMILES string of the molecule is COc1cc2nccc(Oc3ccc(NC4NCCC5NCC(c6ccccc6)C(=O)C54)cc3F)c2cc1OCC(C)(C)O. The molecule has 0 radical (unpaired) electrons. The molecule has 3 aromatic carbocycles. The van der Waals surface area contributed by atoms with E-state index in [1.807, 2.05) is 30.3 Å². The van der Waals surface area contributed by atoms with Crippen LogP contribution in [0.15, 0.2) is 72.9 Å². The summed E-state index contributed by atoms with van der Waals surface area (Å²) in [4.78, 5) is 18.1. The number of Topliss-reactive ketones (excluding diaryl/α,β-unsaturated/α-hetero) is 1. The van der Waals surface area contributed by atoms with Crippen LogP contribution in [0, 0.1) is 11.7 Å². The summed E-state index contributed by atoms with van der Waals surface area (Å²) in [6.07, 6.45) is 2.06. The number of hydrogen-bond acceptors (Lipinski definition) is 9. The molecule has 4 N–H and O–H groups in total. The van der Waals surface area contributed by atoms with Gasteiger partial charge in [-0.25, -0.2) is 4.39 Å². The van der Waals surface area contributed by atoms with Crippen LogP contribution in [0.4, 0.5) is 10.1 Å². The molecule has 44 heavy (non-hydrogen) atoms. The lowest BCUT2D eigenvalue weighted by Gasteiger charge is -2.44. The molecule has 2 aliphatic rings. The van der Waals surface area contributed by atoms with Crippen molar-refractivity contribution >= 4 is 22.4 Å². The lowest BCUT2D eigenvalue weighted by Crippen LogP contribution is -2.63. The van der Waals surface area contributed by atoms with E-state index in [1.165, 1.54) is 13.2 Å². The van der Waals surface area contributed by atoms with Crippen molar-refractivity contribution < 1.29 is 28.5 Å². The zero-order valence-corrected chi connectivity index (χ0v) is 25.0. The van der Waals surface area contributed by atoms with Gasteiger partial charge in [-0.15, -0.1) is 0 Å². The molecule has 10 heteroatoms. The first-order valence-electron chi connectivity index (χ1n) is 14.8. The molecule has 0 spiro atoms. The molecule has 230 valence electrons. The monoisotopic (exact) mass is 600 g/mol. The second kappa shape index (κ2) is 12.4. The standard InChI is InChI=1S/C34H37FN4O5/c1-34(2,41)19-43-30-16-22-26(17-29(30)42-3)36-14-12-27(22)44-28-10-9-21(15-24(28)35)39-33-31-25(11-13-37-33)38-18-23(32(31)40)20-7-5-4-6-8-20/h4-10,12,14-17,23,25,31,33,37-39,41H,11,13,18-19H2,1-3H3. The topological polar surface area (TPSA) is 114 Å². The number of hydrogen-bond donors (Lipinski definition) is 4. The molecular weight excluding hydrogens is 563 g/mol. The minimum Gasteiger partial charge on any atom is -0.493 e. The minimum atomic E-state index is -1.05. The van der Waals surface area contributed by atoms with Gasteiger partial charge in [0.1, 0.15) is 18.1 Å². The van der Waals surface area contributed by atoms with Gasteiger partial charge in [-0.1, -0.05) is 30.3 Å². The number of nitrogens with one attached hydrogen (secondary N) is 3. The van der Waals surface area contributed by atoms with Gasteiger partial charge in [0, 0.05) is 42.0 Å². The fraction of sp³-hybridized carbons (Fsp3) is 0.353. The first-order valence-corrected chi connectivity index (χ1v) is 14.8. The van der Waals surface area contributed by atoms with Gasteiger partial charge < -0.3 is 30.0 Å². The van der Waals surface area contributed by atoms with Gasteiger partial charge >= 0.3 is 0 Å². The van der Waals surface area contributed by atoms with Crippen LogP contribution >= 0.6 is 0 Å². The normalized spacial score (nSPS) is 21.9. The molecule has 2 saturated heterocycles. The van der Waals surface area contributed by atoms with Crippen molar-refractivity contribution in [1.82, 2.24) is 15.6 Å². The number of pyridine rings is 1. The van der Waals surface area contributed by atoms with Crippen LogP contribution in [0.25, 0.3) is 10.9 Å². The van der Waals surface area contributed by atoms with Crippen molar-refractivity contribution in [2.75, 3.05) is 32.1 Å². The fourth-order valence-corrected chi connectivity index (χ4v) is 5.95. The highest BCUT2D eigenvalue weighted by atomic mass is 19.1. The summed E-state index contributed by atoms with van der Waals surface area (Å²) >= 11 is 0. The van der Waals surface area contributed by atoms with Crippen molar-refractivity contribution in [1.29, 1.82) is 0 Å². The first-order chi connectivity index (χ1) is 21.2. The summed E-state index contributed by atoms with van der Waals surface area (Å²) < 4.78 is 32.8. The smallest absolute Gasteiger partial charge is 0.167 e. The van der Waals surface area contributed by atoms with Gasteiger partial charge in [0.25, 0.3) is 0 Å². The number of methoxy groups -OCH3 is 1. The Bertz CT molecular complexity index is 1640. The van der Waals surface area contributed by atoms with Crippen molar-refractivity contribution in [3.05, 3.63) is 84.3 Å². The number of benzene rings is 3. The van der Waals surface area contributed by atoms with Gasteiger partial charge in [-0.2, -0.15) is 0 Å². The quantitative estimate of drug-likeness (QED) is 0.211. The first kappa shape index (κ1) is 29.8. The van der Waals surface area contributed by atoms with E-state index in [2.05, 4.69) is 20.9 Å². The maximum absolute atomic E-state index is 15.5. The predicted molar refractivity (Wildman–Crippen MR) is 166 cm³/mol. The number of nitrogens with zero attached hydrogens (tertiary/aromatic N) is 1. The number of aliphatic hydroxyl groups is 1. The Hall–Kier alpha value is -4.25. The van der Waals surface area contributed by atoms with Crippen molar-refractivity contribution in [2.24, 2.45) is 5.92 Å². The molecule has 4 atom stereocenters. The Labute approximate surface area is 255 Å². The van der Waals surface area contributed by atoms with Gasteiger partial charge in [0.2, 0.25) is 0 Å². The molecule has 1 aromatic heterocycles. The average molecular weight is 601 g/mol. The van der Waals surface area contributed by atoms with E-state index in [0.29, 0.717) is 40.4 Å². The molecule has 9 nitrogen and oxygen atoms in total. The molecule has 0 amide bonds. The molecular formula is C34H37FN4O5. The van der Waals surface area contributed by atoms with Crippen LogP contribution in [0.5, 0.6) is 23.0 Å². The van der Waals surface area contributed by atoms with E-state index < -0.39 is 11.4 Å². The minimum absolute atomic E-state index is 0.0341. The Morgan fingerprint density at radius 2 is 1.84 bits per heavy atom. The maximum Gasteiger partial charge on any atom is 0.167 e. The molecule has 0 aliphatic carbocycles. The van der Waals surface area contributed by atoms with E-state index in [-0.39, 0.29) is 42.2 Å². The molecule has 6 rings (SSSR count). The predicted octanol–water partition coefficient (Wildman–Crippen LogP) is 5.00. The summed E-state index contributed by atoms with van der Waals surface area (Å²) in [5.41, 5.74) is 1.06. The Kier molecular flexibility index (Phi) is 8.40. The third kappa shape index (κ3) is 6.33. The number of carbonyl (C=O) groups is 1. The van der Waals surface area contributed by atoms with Crippen LogP contribution in [-0.4, -0.2) is 60.5 Å². The highest BCUT2D eigenvalue weighted by Crippen LogP contribution is 2.38. The van der Waals surface area contributed by atoms with Gasteiger partial charge in [0.05, 0.1) is 36.2 Å². The molecule has 2 aliphatic heterocycles.